The average molecular weight is 619 g/mol. The molecule has 8 nitrogen and oxygen atoms in total. The number of sulfonamides is 1. The molecular weight excluding hydrogens is 589 g/mol. The summed E-state index contributed by atoms with van der Waals surface area (Å²) in [6, 6.07) is 21.1. The predicted molar refractivity (Wildman–Crippen MR) is 170 cm³/mol. The standard InChI is InChI=1S/C31H30N4O4S3/c1-19(2)35-17-16-24-27(18-35)41-31(28(24)30-32-25-6-4-5-7-26(25)40-30)33-29(36)20-8-10-21(11-9-20)34-42(37,38)23-14-12-22(39-3)13-15-23/h4-15,19,34H,16-18H2,1-3H3,(H,33,36). The van der Waals surface area contributed by atoms with E-state index in [4.69, 9.17) is 9.72 Å². The summed E-state index contributed by atoms with van der Waals surface area (Å²) in [5, 5.41) is 4.85. The summed E-state index contributed by atoms with van der Waals surface area (Å²) < 4.78 is 34.4. The lowest BCUT2D eigenvalue weighted by molar-refractivity contribution is 0.102. The van der Waals surface area contributed by atoms with Crippen molar-refractivity contribution in [3.63, 3.8) is 0 Å². The number of hydrogen-bond acceptors (Lipinski definition) is 8. The highest BCUT2D eigenvalue weighted by atomic mass is 32.2. The van der Waals surface area contributed by atoms with Crippen LogP contribution < -0.4 is 14.8 Å². The molecular formula is C31H30N4O4S3. The highest BCUT2D eigenvalue weighted by Crippen LogP contribution is 2.46. The number of carbonyl (C=O) groups excluding carboxylic acids is 1. The van der Waals surface area contributed by atoms with Crippen molar-refractivity contribution in [3.8, 4) is 16.3 Å². The molecule has 1 amide bonds. The van der Waals surface area contributed by atoms with Gasteiger partial charge in [0.1, 0.15) is 15.8 Å². The Morgan fingerprint density at radius 2 is 1.74 bits per heavy atom. The number of carbonyl (C=O) groups is 1. The van der Waals surface area contributed by atoms with E-state index in [1.54, 1.807) is 59.1 Å². The molecule has 0 radical (unpaired) electrons. The predicted octanol–water partition coefficient (Wildman–Crippen LogP) is 6.85. The van der Waals surface area contributed by atoms with Gasteiger partial charge in [-0.05, 0) is 86.5 Å². The van der Waals surface area contributed by atoms with E-state index >= 15 is 0 Å². The van der Waals surface area contributed by atoms with Crippen LogP contribution in [0.4, 0.5) is 10.7 Å². The number of benzene rings is 3. The number of amides is 1. The van der Waals surface area contributed by atoms with Crippen molar-refractivity contribution in [2.24, 2.45) is 0 Å². The molecule has 11 heteroatoms. The van der Waals surface area contributed by atoms with E-state index in [0.717, 1.165) is 45.3 Å². The van der Waals surface area contributed by atoms with Crippen LogP contribution in [-0.2, 0) is 23.0 Å². The van der Waals surface area contributed by atoms with Gasteiger partial charge in [0.25, 0.3) is 15.9 Å². The third-order valence-electron chi connectivity index (χ3n) is 7.32. The van der Waals surface area contributed by atoms with Crippen molar-refractivity contribution in [2.75, 3.05) is 23.7 Å². The monoisotopic (exact) mass is 618 g/mol. The third kappa shape index (κ3) is 5.65. The second-order valence-electron chi connectivity index (χ2n) is 10.3. The Morgan fingerprint density at radius 1 is 1.00 bits per heavy atom. The average Bonchev–Trinajstić information content (AvgIpc) is 3.57. The molecule has 3 aromatic carbocycles. The Bertz CT molecular complexity index is 1830. The maximum atomic E-state index is 13.5. The smallest absolute Gasteiger partial charge is 0.261 e. The number of nitrogens with zero attached hydrogens (tertiary/aromatic N) is 2. The molecule has 0 unspecified atom stereocenters. The van der Waals surface area contributed by atoms with Crippen LogP contribution in [0.5, 0.6) is 5.75 Å². The zero-order valence-electron chi connectivity index (χ0n) is 23.4. The Kier molecular flexibility index (Phi) is 7.75. The molecule has 0 aliphatic carbocycles. The van der Waals surface area contributed by atoms with Crippen LogP contribution in [0.3, 0.4) is 0 Å². The summed E-state index contributed by atoms with van der Waals surface area (Å²) in [5.41, 5.74) is 4.00. The summed E-state index contributed by atoms with van der Waals surface area (Å²) in [7, 11) is -2.27. The van der Waals surface area contributed by atoms with Crippen molar-refractivity contribution in [1.29, 1.82) is 0 Å². The van der Waals surface area contributed by atoms with E-state index in [9.17, 15) is 13.2 Å². The lowest BCUT2D eigenvalue weighted by atomic mass is 10.0. The lowest BCUT2D eigenvalue weighted by Gasteiger charge is -2.30. The van der Waals surface area contributed by atoms with Crippen LogP contribution in [0.2, 0.25) is 0 Å². The van der Waals surface area contributed by atoms with Crippen LogP contribution in [0, 0.1) is 0 Å². The first kappa shape index (κ1) is 28.4. The molecule has 5 aromatic rings. The molecule has 0 spiro atoms. The third-order valence-corrected chi connectivity index (χ3v) is 10.9. The fourth-order valence-electron chi connectivity index (χ4n) is 4.99. The Hall–Kier alpha value is -3.77. The highest BCUT2D eigenvalue weighted by molar-refractivity contribution is 7.92. The van der Waals surface area contributed by atoms with Crippen molar-refractivity contribution in [3.05, 3.63) is 88.8 Å². The molecule has 2 N–H and O–H groups in total. The molecule has 3 heterocycles. The molecule has 0 saturated carbocycles. The topological polar surface area (TPSA) is 101 Å². The molecule has 6 rings (SSSR count). The maximum absolute atomic E-state index is 13.5. The number of rotatable bonds is 8. The van der Waals surface area contributed by atoms with Crippen LogP contribution in [0.1, 0.15) is 34.6 Å². The van der Waals surface area contributed by atoms with Crippen LogP contribution in [0.25, 0.3) is 20.8 Å². The SMILES string of the molecule is COc1ccc(S(=O)(=O)Nc2ccc(C(=O)Nc3sc4c(c3-c3nc5ccccc5s3)CCN(C(C)C)C4)cc2)cc1. The second-order valence-corrected chi connectivity index (χ2v) is 14.1. The number of thiazole rings is 1. The Morgan fingerprint density at radius 3 is 2.43 bits per heavy atom. The number of thiophene rings is 1. The van der Waals surface area contributed by atoms with Crippen molar-refractivity contribution < 1.29 is 17.9 Å². The number of nitrogens with one attached hydrogen (secondary N) is 2. The van der Waals surface area contributed by atoms with Gasteiger partial charge < -0.3 is 10.1 Å². The van der Waals surface area contributed by atoms with Gasteiger partial charge in [-0.1, -0.05) is 12.1 Å². The van der Waals surface area contributed by atoms with E-state index in [1.807, 2.05) is 18.2 Å². The minimum Gasteiger partial charge on any atom is -0.497 e. The first-order chi connectivity index (χ1) is 20.2. The number of aromatic nitrogens is 1. The van der Waals surface area contributed by atoms with E-state index < -0.39 is 10.0 Å². The Balaban J connectivity index is 1.25. The molecule has 0 saturated heterocycles. The van der Waals surface area contributed by atoms with Crippen molar-refractivity contribution in [2.45, 2.75) is 37.8 Å². The van der Waals surface area contributed by atoms with E-state index in [1.165, 1.54) is 29.7 Å². The first-order valence-electron chi connectivity index (χ1n) is 13.5. The van der Waals surface area contributed by atoms with Gasteiger partial charge in [-0.3, -0.25) is 14.4 Å². The first-order valence-corrected chi connectivity index (χ1v) is 16.7. The minimum atomic E-state index is -3.79. The van der Waals surface area contributed by atoms with Crippen molar-refractivity contribution in [1.82, 2.24) is 9.88 Å². The number of ether oxygens (including phenoxy) is 1. The minimum absolute atomic E-state index is 0.116. The zero-order chi connectivity index (χ0) is 29.4. The molecule has 0 atom stereocenters. The summed E-state index contributed by atoms with van der Waals surface area (Å²) >= 11 is 3.25. The number of fused-ring (bicyclic) bond motifs is 2. The number of para-hydroxylation sites is 1. The van der Waals surface area contributed by atoms with Crippen molar-refractivity contribution >= 4 is 59.5 Å². The van der Waals surface area contributed by atoms with Crippen LogP contribution >= 0.6 is 22.7 Å². The number of methoxy groups -OCH3 is 1. The fraction of sp³-hybridized carbons (Fsp3) is 0.226. The van der Waals surface area contributed by atoms with Gasteiger partial charge in [-0.2, -0.15) is 0 Å². The van der Waals surface area contributed by atoms with Gasteiger partial charge in [-0.15, -0.1) is 22.7 Å². The fourth-order valence-corrected chi connectivity index (χ4v) is 8.43. The normalized spacial score (nSPS) is 13.7. The van der Waals surface area contributed by atoms with Gasteiger partial charge in [0.05, 0.1) is 22.2 Å². The number of anilines is 2. The molecule has 0 bridgehead atoms. The van der Waals surface area contributed by atoms with Crippen LogP contribution in [-0.4, -0.2) is 43.9 Å². The molecule has 1 aliphatic rings. The number of hydrogen-bond donors (Lipinski definition) is 2. The molecule has 0 fully saturated rings. The maximum Gasteiger partial charge on any atom is 0.261 e. The molecule has 216 valence electrons. The molecule has 1 aliphatic heterocycles. The summed E-state index contributed by atoms with van der Waals surface area (Å²) in [6.45, 7) is 6.21. The summed E-state index contributed by atoms with van der Waals surface area (Å²) in [6.07, 6.45) is 0.897. The van der Waals surface area contributed by atoms with E-state index in [-0.39, 0.29) is 10.8 Å². The Labute approximate surface area is 253 Å². The van der Waals surface area contributed by atoms with Gasteiger partial charge in [0, 0.05) is 40.8 Å². The molecule has 2 aromatic heterocycles. The largest absolute Gasteiger partial charge is 0.497 e. The lowest BCUT2D eigenvalue weighted by Crippen LogP contribution is -2.35. The second kappa shape index (κ2) is 11.5. The quantitative estimate of drug-likeness (QED) is 0.197. The zero-order valence-corrected chi connectivity index (χ0v) is 25.8. The highest BCUT2D eigenvalue weighted by Gasteiger charge is 2.28. The van der Waals surface area contributed by atoms with E-state index in [0.29, 0.717) is 23.0 Å². The summed E-state index contributed by atoms with van der Waals surface area (Å²) in [4.78, 5) is 22.2. The molecule has 42 heavy (non-hydrogen) atoms. The van der Waals surface area contributed by atoms with Gasteiger partial charge >= 0.3 is 0 Å². The van der Waals surface area contributed by atoms with Gasteiger partial charge in [0.2, 0.25) is 0 Å². The summed E-state index contributed by atoms with van der Waals surface area (Å²) in [5.74, 6) is 0.306. The van der Waals surface area contributed by atoms with Crippen LogP contribution in [0.15, 0.2) is 77.7 Å². The van der Waals surface area contributed by atoms with Gasteiger partial charge in [-0.25, -0.2) is 13.4 Å². The van der Waals surface area contributed by atoms with Gasteiger partial charge in [0.15, 0.2) is 0 Å². The van der Waals surface area contributed by atoms with E-state index in [2.05, 4.69) is 34.9 Å².